The van der Waals surface area contributed by atoms with Crippen molar-refractivity contribution >= 4 is 17.7 Å². The molecule has 34 heavy (non-hydrogen) atoms. The van der Waals surface area contributed by atoms with Crippen molar-refractivity contribution in [2.24, 2.45) is 5.92 Å². The lowest BCUT2D eigenvalue weighted by atomic mass is 10.1. The maximum Gasteiger partial charge on any atom is 0.289 e. The highest BCUT2D eigenvalue weighted by Crippen LogP contribution is 2.30. The molecule has 0 bridgehead atoms. The van der Waals surface area contributed by atoms with E-state index < -0.39 is 0 Å². The van der Waals surface area contributed by atoms with Crippen LogP contribution in [0.1, 0.15) is 46.9 Å². The molecule has 3 rings (SSSR count). The van der Waals surface area contributed by atoms with E-state index in [4.69, 9.17) is 13.9 Å². The second kappa shape index (κ2) is 12.0. The van der Waals surface area contributed by atoms with Crippen molar-refractivity contribution in [3.05, 3.63) is 76.7 Å². The van der Waals surface area contributed by atoms with Crippen LogP contribution in [-0.2, 0) is 12.2 Å². The fraction of sp³-hybridized carbons (Fsp3) is 0.393. The Bertz CT molecular complexity index is 1090. The average molecular weight is 482 g/mol. The third-order valence-corrected chi connectivity index (χ3v) is 6.99. The maximum absolute atomic E-state index is 13.3. The number of carbonyl (C=O) groups is 1. The van der Waals surface area contributed by atoms with E-state index in [0.717, 1.165) is 17.7 Å². The van der Waals surface area contributed by atoms with Gasteiger partial charge in [-0.05, 0) is 67.1 Å². The summed E-state index contributed by atoms with van der Waals surface area (Å²) >= 11 is 1.74. The molecule has 1 amide bonds. The predicted molar refractivity (Wildman–Crippen MR) is 138 cm³/mol. The first-order valence-corrected chi connectivity index (χ1v) is 12.6. The Hall–Kier alpha value is -2.86. The molecule has 0 saturated carbocycles. The van der Waals surface area contributed by atoms with E-state index in [0.29, 0.717) is 42.0 Å². The average Bonchev–Trinajstić information content (AvgIpc) is 3.29. The molecule has 0 radical (unpaired) electrons. The number of carbonyl (C=O) groups excluding carboxylic acids is 1. The third kappa shape index (κ3) is 6.60. The molecule has 0 aliphatic carbocycles. The van der Waals surface area contributed by atoms with E-state index in [-0.39, 0.29) is 5.91 Å². The number of hydrogen-bond acceptors (Lipinski definition) is 5. The highest BCUT2D eigenvalue weighted by atomic mass is 32.2. The van der Waals surface area contributed by atoms with Gasteiger partial charge in [-0.1, -0.05) is 38.1 Å². The minimum Gasteiger partial charge on any atom is -0.493 e. The van der Waals surface area contributed by atoms with Gasteiger partial charge in [-0.15, -0.1) is 11.8 Å². The minimum absolute atomic E-state index is 0.0718. The number of nitrogens with zero attached hydrogens (tertiary/aromatic N) is 1. The summed E-state index contributed by atoms with van der Waals surface area (Å²) in [5.41, 5.74) is 3.60. The van der Waals surface area contributed by atoms with Gasteiger partial charge >= 0.3 is 0 Å². The first-order valence-electron chi connectivity index (χ1n) is 11.6. The summed E-state index contributed by atoms with van der Waals surface area (Å²) in [4.78, 5) is 16.4. The van der Waals surface area contributed by atoms with Gasteiger partial charge in [-0.2, -0.15) is 0 Å². The van der Waals surface area contributed by atoms with Gasteiger partial charge < -0.3 is 18.8 Å². The number of methoxy groups -OCH3 is 2. The second-order valence-electron chi connectivity index (χ2n) is 8.86. The summed E-state index contributed by atoms with van der Waals surface area (Å²) in [5, 5.41) is 0. The number of thioether (sulfide) groups is 1. The summed E-state index contributed by atoms with van der Waals surface area (Å²) in [5.74, 6) is 3.56. The topological polar surface area (TPSA) is 51.9 Å². The molecule has 2 aromatic carbocycles. The van der Waals surface area contributed by atoms with Crippen molar-refractivity contribution in [3.63, 3.8) is 0 Å². The zero-order chi connectivity index (χ0) is 24.7. The van der Waals surface area contributed by atoms with Crippen LogP contribution in [0, 0.1) is 19.8 Å². The summed E-state index contributed by atoms with van der Waals surface area (Å²) in [6.45, 7) is 9.74. The van der Waals surface area contributed by atoms with Crippen LogP contribution in [0.25, 0.3) is 0 Å². The molecule has 1 aromatic heterocycles. The molecule has 1 heterocycles. The molecule has 0 unspecified atom stereocenters. The molecular weight excluding hydrogens is 446 g/mol. The van der Waals surface area contributed by atoms with Crippen LogP contribution >= 0.6 is 11.8 Å². The number of aryl methyl sites for hydroxylation is 2. The molecular formula is C28H35NO4S. The highest BCUT2D eigenvalue weighted by molar-refractivity contribution is 7.98. The summed E-state index contributed by atoms with van der Waals surface area (Å²) < 4.78 is 16.7. The van der Waals surface area contributed by atoms with Crippen molar-refractivity contribution in [2.75, 3.05) is 27.3 Å². The van der Waals surface area contributed by atoms with Gasteiger partial charge in [-0.25, -0.2) is 0 Å². The van der Waals surface area contributed by atoms with Crippen LogP contribution in [0.15, 0.2) is 57.8 Å². The minimum atomic E-state index is -0.0718. The van der Waals surface area contributed by atoms with E-state index in [2.05, 4.69) is 45.9 Å². The largest absolute Gasteiger partial charge is 0.493 e. The molecule has 0 aliphatic heterocycles. The summed E-state index contributed by atoms with van der Waals surface area (Å²) in [6, 6.07) is 15.9. The molecule has 0 spiro atoms. The van der Waals surface area contributed by atoms with Gasteiger partial charge in [0.15, 0.2) is 17.3 Å². The highest BCUT2D eigenvalue weighted by Gasteiger charge is 2.21. The molecule has 5 nitrogen and oxygen atoms in total. The normalized spacial score (nSPS) is 11.0. The van der Waals surface area contributed by atoms with Crippen molar-refractivity contribution in [2.45, 2.75) is 44.8 Å². The molecule has 6 heteroatoms. The SMILES string of the molecule is COc1ccc(CCN(CC(C)C)C(=O)c2ccc(CSc3c(C)cccc3C)o2)cc1OC. The lowest BCUT2D eigenvalue weighted by Crippen LogP contribution is -2.35. The lowest BCUT2D eigenvalue weighted by molar-refractivity contribution is 0.0704. The Morgan fingerprint density at radius 3 is 2.35 bits per heavy atom. The van der Waals surface area contributed by atoms with Crippen molar-refractivity contribution in [3.8, 4) is 11.5 Å². The fourth-order valence-corrected chi connectivity index (χ4v) is 4.95. The van der Waals surface area contributed by atoms with E-state index in [9.17, 15) is 4.79 Å². The van der Waals surface area contributed by atoms with E-state index >= 15 is 0 Å². The number of rotatable bonds is 11. The number of furan rings is 1. The smallest absolute Gasteiger partial charge is 0.289 e. The van der Waals surface area contributed by atoms with Crippen LogP contribution in [0.5, 0.6) is 11.5 Å². The van der Waals surface area contributed by atoms with E-state index in [1.165, 1.54) is 16.0 Å². The number of hydrogen-bond donors (Lipinski definition) is 0. The number of ether oxygens (including phenoxy) is 2. The molecule has 182 valence electrons. The second-order valence-corrected chi connectivity index (χ2v) is 9.85. The van der Waals surface area contributed by atoms with Gasteiger partial charge in [0.25, 0.3) is 5.91 Å². The Morgan fingerprint density at radius 1 is 1.00 bits per heavy atom. The lowest BCUT2D eigenvalue weighted by Gasteiger charge is -2.24. The Balaban J connectivity index is 1.67. The molecule has 0 atom stereocenters. The van der Waals surface area contributed by atoms with Crippen LogP contribution in [0.3, 0.4) is 0 Å². The Kier molecular flexibility index (Phi) is 9.11. The Labute approximate surface area is 207 Å². The van der Waals surface area contributed by atoms with Crippen molar-refractivity contribution < 1.29 is 18.7 Å². The van der Waals surface area contributed by atoms with Gasteiger partial charge in [0.2, 0.25) is 0 Å². The van der Waals surface area contributed by atoms with Crippen molar-refractivity contribution in [1.29, 1.82) is 0 Å². The van der Waals surface area contributed by atoms with E-state index in [1.807, 2.05) is 29.2 Å². The number of benzene rings is 2. The standard InChI is InChI=1S/C28H35NO4S/c1-19(2)17-29(15-14-22-10-12-24(31-5)26(16-22)32-6)28(30)25-13-11-23(33-25)18-34-27-20(3)8-7-9-21(27)4/h7-13,16,19H,14-15,17-18H2,1-6H3. The third-order valence-electron chi connectivity index (χ3n) is 5.63. The quantitative estimate of drug-likeness (QED) is 0.291. The Morgan fingerprint density at radius 2 is 1.71 bits per heavy atom. The van der Waals surface area contributed by atoms with Gasteiger partial charge in [0.05, 0.1) is 20.0 Å². The van der Waals surface area contributed by atoms with Gasteiger partial charge in [0.1, 0.15) is 5.76 Å². The van der Waals surface area contributed by atoms with Gasteiger partial charge in [0, 0.05) is 18.0 Å². The van der Waals surface area contributed by atoms with Crippen LogP contribution in [0.2, 0.25) is 0 Å². The molecule has 0 N–H and O–H groups in total. The van der Waals surface area contributed by atoms with Crippen LogP contribution in [0.4, 0.5) is 0 Å². The van der Waals surface area contributed by atoms with Crippen molar-refractivity contribution in [1.82, 2.24) is 4.90 Å². The molecule has 0 saturated heterocycles. The predicted octanol–water partition coefficient (Wildman–Crippen LogP) is 6.55. The first kappa shape index (κ1) is 25.8. The van der Waals surface area contributed by atoms with Crippen LogP contribution in [-0.4, -0.2) is 38.1 Å². The first-order chi connectivity index (χ1) is 16.3. The monoisotopic (exact) mass is 481 g/mol. The molecule has 0 aliphatic rings. The molecule has 0 fully saturated rings. The summed E-state index contributed by atoms with van der Waals surface area (Å²) in [6.07, 6.45) is 0.717. The molecule has 3 aromatic rings. The number of amides is 1. The zero-order valence-electron chi connectivity index (χ0n) is 21.0. The zero-order valence-corrected chi connectivity index (χ0v) is 21.8. The summed E-state index contributed by atoms with van der Waals surface area (Å²) in [7, 11) is 3.25. The van der Waals surface area contributed by atoms with E-state index in [1.54, 1.807) is 32.0 Å². The maximum atomic E-state index is 13.3. The van der Waals surface area contributed by atoms with Crippen LogP contribution < -0.4 is 9.47 Å². The van der Waals surface area contributed by atoms with Gasteiger partial charge in [-0.3, -0.25) is 4.79 Å². The fourth-order valence-electron chi connectivity index (χ4n) is 3.91.